The minimum absolute atomic E-state index is 0.541. The van der Waals surface area contributed by atoms with Gasteiger partial charge >= 0.3 is 0 Å². The van der Waals surface area contributed by atoms with Crippen LogP contribution in [0, 0.1) is 0 Å². The highest BCUT2D eigenvalue weighted by Crippen LogP contribution is 2.36. The molecule has 2 aromatic rings. The minimum Gasteiger partial charge on any atom is -0.347 e. The molecule has 1 aliphatic heterocycles. The van der Waals surface area contributed by atoms with Crippen molar-refractivity contribution in [3.8, 4) is 0 Å². The van der Waals surface area contributed by atoms with Crippen LogP contribution in [0.3, 0.4) is 0 Å². The van der Waals surface area contributed by atoms with E-state index in [0.717, 1.165) is 19.5 Å². The normalized spacial score (nSPS) is 16.2. The van der Waals surface area contributed by atoms with Crippen LogP contribution in [-0.4, -0.2) is 11.1 Å². The molecule has 0 amide bonds. The maximum Gasteiger partial charge on any atom is 0.0516 e. The third-order valence-electron chi connectivity index (χ3n) is 4.02. The van der Waals surface area contributed by atoms with Crippen molar-refractivity contribution in [1.82, 2.24) is 4.57 Å². The summed E-state index contributed by atoms with van der Waals surface area (Å²) in [7, 11) is 0. The summed E-state index contributed by atoms with van der Waals surface area (Å²) in [5, 5.41) is 1.42. The first-order valence-corrected chi connectivity index (χ1v) is 7.51. The minimum atomic E-state index is 0.541. The van der Waals surface area contributed by atoms with E-state index in [2.05, 4.69) is 45.8 Å². The Morgan fingerprint density at radius 1 is 1.44 bits per heavy atom. The summed E-state index contributed by atoms with van der Waals surface area (Å²) in [6.07, 6.45) is 5.85. The van der Waals surface area contributed by atoms with E-state index in [1.165, 1.54) is 39.3 Å². The Morgan fingerprint density at radius 3 is 3.06 bits per heavy atom. The summed E-state index contributed by atoms with van der Waals surface area (Å²) in [6, 6.07) is 4.54. The van der Waals surface area contributed by atoms with Gasteiger partial charge in [-0.25, -0.2) is 0 Å². The molecule has 1 aromatic carbocycles. The van der Waals surface area contributed by atoms with Crippen LogP contribution in [0.25, 0.3) is 10.9 Å². The second-order valence-corrected chi connectivity index (χ2v) is 6.24. The number of rotatable bonds is 3. The Kier molecular flexibility index (Phi) is 3.20. The average molecular weight is 307 g/mol. The number of hydrogen-bond acceptors (Lipinski definition) is 1. The highest BCUT2D eigenvalue weighted by Gasteiger charge is 2.19. The van der Waals surface area contributed by atoms with Crippen LogP contribution in [0.5, 0.6) is 0 Å². The lowest BCUT2D eigenvalue weighted by atomic mass is 9.95. The second kappa shape index (κ2) is 4.71. The fourth-order valence-electron chi connectivity index (χ4n) is 3.12. The Labute approximate surface area is 116 Å². The van der Waals surface area contributed by atoms with E-state index in [9.17, 15) is 0 Å². The predicted octanol–water partition coefficient (Wildman–Crippen LogP) is 3.80. The molecule has 0 bridgehead atoms. The van der Waals surface area contributed by atoms with Crippen LogP contribution in [0.1, 0.15) is 36.8 Å². The third-order valence-corrected chi connectivity index (χ3v) is 4.48. The lowest BCUT2D eigenvalue weighted by molar-refractivity contribution is 0.628. The molecule has 2 heterocycles. The van der Waals surface area contributed by atoms with Gasteiger partial charge in [0.05, 0.1) is 5.52 Å². The van der Waals surface area contributed by atoms with Gasteiger partial charge in [-0.05, 0) is 55.0 Å². The van der Waals surface area contributed by atoms with Crippen LogP contribution >= 0.6 is 15.9 Å². The van der Waals surface area contributed by atoms with Crippen molar-refractivity contribution in [2.75, 3.05) is 6.54 Å². The van der Waals surface area contributed by atoms with Crippen molar-refractivity contribution < 1.29 is 0 Å². The first-order chi connectivity index (χ1) is 8.70. The Hall–Kier alpha value is -0.800. The monoisotopic (exact) mass is 306 g/mol. The molecule has 2 nitrogen and oxygen atoms in total. The van der Waals surface area contributed by atoms with Crippen molar-refractivity contribution in [2.24, 2.45) is 5.73 Å². The molecule has 0 aliphatic carbocycles. The van der Waals surface area contributed by atoms with Gasteiger partial charge in [-0.2, -0.15) is 0 Å². The highest BCUT2D eigenvalue weighted by atomic mass is 79.9. The van der Waals surface area contributed by atoms with Gasteiger partial charge in [0.2, 0.25) is 0 Å². The third kappa shape index (κ3) is 1.90. The first kappa shape index (κ1) is 12.2. The van der Waals surface area contributed by atoms with E-state index >= 15 is 0 Å². The van der Waals surface area contributed by atoms with E-state index in [-0.39, 0.29) is 0 Å². The smallest absolute Gasteiger partial charge is 0.0516 e. The van der Waals surface area contributed by atoms with E-state index in [1.807, 2.05) is 0 Å². The number of aromatic nitrogens is 1. The molecule has 1 atom stereocenters. The van der Waals surface area contributed by atoms with E-state index in [0.29, 0.717) is 5.92 Å². The molecule has 2 N–H and O–H groups in total. The summed E-state index contributed by atoms with van der Waals surface area (Å²) in [4.78, 5) is 0. The molecule has 1 aliphatic rings. The molecule has 0 saturated heterocycles. The molecule has 3 heteroatoms. The van der Waals surface area contributed by atoms with Crippen molar-refractivity contribution in [1.29, 1.82) is 0 Å². The predicted molar refractivity (Wildman–Crippen MR) is 80.0 cm³/mol. The molecule has 0 radical (unpaired) electrons. The van der Waals surface area contributed by atoms with Crippen LogP contribution in [0.4, 0.5) is 0 Å². The average Bonchev–Trinajstić information content (AvgIpc) is 2.70. The molecule has 3 rings (SSSR count). The van der Waals surface area contributed by atoms with E-state index in [4.69, 9.17) is 5.73 Å². The molecular formula is C15H19BrN2. The number of nitrogens with zero attached hydrogens (tertiary/aromatic N) is 1. The summed E-state index contributed by atoms with van der Waals surface area (Å²) in [6.45, 7) is 4.19. The summed E-state index contributed by atoms with van der Waals surface area (Å²) < 4.78 is 3.63. The zero-order valence-electron chi connectivity index (χ0n) is 10.7. The summed E-state index contributed by atoms with van der Waals surface area (Å²) >= 11 is 3.65. The maximum atomic E-state index is 5.71. The number of aryl methyl sites for hydroxylation is 2. The van der Waals surface area contributed by atoms with Crippen LogP contribution in [0.2, 0.25) is 0 Å². The lowest BCUT2D eigenvalue weighted by Gasteiger charge is -2.15. The second-order valence-electron chi connectivity index (χ2n) is 5.32. The zero-order chi connectivity index (χ0) is 12.7. The number of benzene rings is 1. The molecule has 1 unspecified atom stereocenters. The van der Waals surface area contributed by atoms with Crippen LogP contribution in [0.15, 0.2) is 22.8 Å². The van der Waals surface area contributed by atoms with Gasteiger partial charge in [-0.1, -0.05) is 22.9 Å². The first-order valence-electron chi connectivity index (χ1n) is 6.72. The van der Waals surface area contributed by atoms with E-state index in [1.54, 1.807) is 0 Å². The molecule has 1 aromatic heterocycles. The van der Waals surface area contributed by atoms with Gasteiger partial charge in [-0.3, -0.25) is 0 Å². The number of nitrogens with two attached hydrogens (primary N) is 1. The van der Waals surface area contributed by atoms with E-state index < -0.39 is 0 Å². The Morgan fingerprint density at radius 2 is 2.28 bits per heavy atom. The van der Waals surface area contributed by atoms with Crippen molar-refractivity contribution in [2.45, 2.75) is 38.6 Å². The SMILES string of the molecule is CC(CCN)c1cn2c3c(cc(Br)cc13)CCC2. The van der Waals surface area contributed by atoms with Gasteiger partial charge in [0.25, 0.3) is 0 Å². The van der Waals surface area contributed by atoms with Crippen LogP contribution in [-0.2, 0) is 13.0 Å². The molecule has 96 valence electrons. The van der Waals surface area contributed by atoms with Gasteiger partial charge < -0.3 is 10.3 Å². The molecule has 0 fully saturated rings. The Balaban J connectivity index is 2.22. The van der Waals surface area contributed by atoms with Crippen LogP contribution < -0.4 is 5.73 Å². The largest absolute Gasteiger partial charge is 0.347 e. The summed E-state index contributed by atoms with van der Waals surface area (Å²) in [5.41, 5.74) is 10.1. The lowest BCUT2D eigenvalue weighted by Crippen LogP contribution is -2.06. The maximum absolute atomic E-state index is 5.71. The standard InChI is InChI=1S/C15H19BrN2/c1-10(4-5-17)14-9-18-6-2-3-11-7-12(16)8-13(14)15(11)18/h7-10H,2-6,17H2,1H3. The van der Waals surface area contributed by atoms with Crippen molar-refractivity contribution >= 4 is 26.8 Å². The van der Waals surface area contributed by atoms with Gasteiger partial charge in [0.1, 0.15) is 0 Å². The van der Waals surface area contributed by atoms with Crippen molar-refractivity contribution in [3.05, 3.63) is 33.9 Å². The topological polar surface area (TPSA) is 30.9 Å². The Bertz CT molecular complexity index is 586. The van der Waals surface area contributed by atoms with Crippen molar-refractivity contribution in [3.63, 3.8) is 0 Å². The molecule has 0 spiro atoms. The fourth-order valence-corrected chi connectivity index (χ4v) is 3.63. The molecular weight excluding hydrogens is 288 g/mol. The number of halogens is 1. The fraction of sp³-hybridized carbons (Fsp3) is 0.467. The van der Waals surface area contributed by atoms with Gasteiger partial charge in [0, 0.05) is 22.6 Å². The summed E-state index contributed by atoms with van der Waals surface area (Å²) in [5.74, 6) is 0.541. The quantitative estimate of drug-likeness (QED) is 0.918. The zero-order valence-corrected chi connectivity index (χ0v) is 12.3. The molecule has 18 heavy (non-hydrogen) atoms. The van der Waals surface area contributed by atoms with Gasteiger partial charge in [-0.15, -0.1) is 0 Å². The molecule has 0 saturated carbocycles. The van der Waals surface area contributed by atoms with Gasteiger partial charge in [0.15, 0.2) is 0 Å². The number of hydrogen-bond donors (Lipinski definition) is 1. The highest BCUT2D eigenvalue weighted by molar-refractivity contribution is 9.10.